The summed E-state index contributed by atoms with van der Waals surface area (Å²) >= 11 is 0. The van der Waals surface area contributed by atoms with Gasteiger partial charge < -0.3 is 14.8 Å². The summed E-state index contributed by atoms with van der Waals surface area (Å²) in [5, 5.41) is 2.75. The van der Waals surface area contributed by atoms with Crippen LogP contribution in [0.5, 0.6) is 11.5 Å². The first-order valence-electron chi connectivity index (χ1n) is 10.0. The fourth-order valence-corrected chi connectivity index (χ4v) is 5.27. The van der Waals surface area contributed by atoms with E-state index in [1.807, 2.05) is 44.2 Å². The molecular formula is C23H28N2O5S. The Morgan fingerprint density at radius 1 is 1.06 bits per heavy atom. The Kier molecular flexibility index (Phi) is 6.59. The normalized spacial score (nSPS) is 15.0. The molecule has 0 saturated heterocycles. The number of hydrogen-bond acceptors (Lipinski definition) is 5. The maximum absolute atomic E-state index is 13.7. The third-order valence-electron chi connectivity index (χ3n) is 5.11. The fraction of sp³-hybridized carbons (Fsp3) is 0.348. The number of hydrogen-bond donors (Lipinski definition) is 1. The standard InChI is InChI=1S/C23H28N2O5S/c1-15(2)13-24-23(26)22-16(3)18-11-20(29-4)21(30-5)12-19(18)25(31(22,27)28)14-17-9-7-6-8-10-17/h6-12,15H,13-14H2,1-5H3,(H,24,26). The molecule has 31 heavy (non-hydrogen) atoms. The maximum Gasteiger partial charge on any atom is 0.270 e. The van der Waals surface area contributed by atoms with Gasteiger partial charge in [-0.15, -0.1) is 0 Å². The lowest BCUT2D eigenvalue weighted by atomic mass is 10.0. The van der Waals surface area contributed by atoms with Gasteiger partial charge in [0, 0.05) is 18.2 Å². The van der Waals surface area contributed by atoms with Crippen molar-refractivity contribution in [2.24, 2.45) is 5.92 Å². The zero-order chi connectivity index (χ0) is 22.8. The van der Waals surface area contributed by atoms with E-state index in [4.69, 9.17) is 9.47 Å². The predicted octanol–water partition coefficient (Wildman–Crippen LogP) is 3.56. The topological polar surface area (TPSA) is 84.9 Å². The third-order valence-corrected chi connectivity index (χ3v) is 7.02. The van der Waals surface area contributed by atoms with Crippen LogP contribution in [0.1, 0.15) is 31.9 Å². The Bertz CT molecular complexity index is 1110. The van der Waals surface area contributed by atoms with Crippen LogP contribution < -0.4 is 19.1 Å². The highest BCUT2D eigenvalue weighted by Crippen LogP contribution is 2.45. The predicted molar refractivity (Wildman–Crippen MR) is 122 cm³/mol. The van der Waals surface area contributed by atoms with Crippen molar-refractivity contribution >= 4 is 27.2 Å². The van der Waals surface area contributed by atoms with E-state index in [0.29, 0.717) is 34.9 Å². The lowest BCUT2D eigenvalue weighted by Gasteiger charge is -2.33. The summed E-state index contributed by atoms with van der Waals surface area (Å²) < 4.78 is 39.4. The number of methoxy groups -OCH3 is 2. The van der Waals surface area contributed by atoms with Gasteiger partial charge >= 0.3 is 0 Å². The molecule has 1 heterocycles. The molecule has 0 aliphatic carbocycles. The van der Waals surface area contributed by atoms with Crippen LogP contribution in [-0.4, -0.2) is 35.1 Å². The smallest absolute Gasteiger partial charge is 0.270 e. The molecule has 0 radical (unpaired) electrons. The number of fused-ring (bicyclic) bond motifs is 1. The van der Waals surface area contributed by atoms with Gasteiger partial charge in [0.1, 0.15) is 0 Å². The summed E-state index contributed by atoms with van der Waals surface area (Å²) in [6.45, 7) is 6.00. The molecule has 8 heteroatoms. The van der Waals surface area contributed by atoms with E-state index in [2.05, 4.69) is 5.32 Å². The van der Waals surface area contributed by atoms with Crippen molar-refractivity contribution in [1.29, 1.82) is 0 Å². The van der Waals surface area contributed by atoms with Crippen LogP contribution in [-0.2, 0) is 21.4 Å². The zero-order valence-corrected chi connectivity index (χ0v) is 19.2. The van der Waals surface area contributed by atoms with E-state index in [-0.39, 0.29) is 17.4 Å². The summed E-state index contributed by atoms with van der Waals surface area (Å²) in [6, 6.07) is 12.6. The van der Waals surface area contributed by atoms with Crippen molar-refractivity contribution in [3.8, 4) is 11.5 Å². The fourth-order valence-electron chi connectivity index (χ4n) is 3.51. The van der Waals surface area contributed by atoms with Gasteiger partial charge in [-0.05, 0) is 30.0 Å². The molecule has 7 nitrogen and oxygen atoms in total. The molecule has 3 rings (SSSR count). The average Bonchev–Trinajstić information content (AvgIpc) is 2.74. The SMILES string of the molecule is COc1cc2c(cc1OC)N(Cc1ccccc1)S(=O)(=O)C(C(=O)NCC(C)C)=C2C. The number of amides is 1. The van der Waals surface area contributed by atoms with Crippen molar-refractivity contribution in [1.82, 2.24) is 5.32 Å². The molecule has 0 saturated carbocycles. The Morgan fingerprint density at radius 2 is 1.68 bits per heavy atom. The van der Waals surface area contributed by atoms with Gasteiger partial charge in [0.2, 0.25) is 0 Å². The molecule has 1 amide bonds. The van der Waals surface area contributed by atoms with Gasteiger partial charge in [0.25, 0.3) is 15.9 Å². The summed E-state index contributed by atoms with van der Waals surface area (Å²) in [6.07, 6.45) is 0. The molecule has 1 aliphatic heterocycles. The van der Waals surface area contributed by atoms with Crippen molar-refractivity contribution < 1.29 is 22.7 Å². The lowest BCUT2D eigenvalue weighted by molar-refractivity contribution is -0.116. The summed E-state index contributed by atoms with van der Waals surface area (Å²) in [5.74, 6) is 0.453. The van der Waals surface area contributed by atoms with Crippen molar-refractivity contribution in [2.75, 3.05) is 25.1 Å². The quantitative estimate of drug-likeness (QED) is 0.706. The summed E-state index contributed by atoms with van der Waals surface area (Å²) in [4.78, 5) is 12.7. The van der Waals surface area contributed by atoms with E-state index in [9.17, 15) is 13.2 Å². The molecule has 2 aromatic carbocycles. The van der Waals surface area contributed by atoms with Crippen LogP contribution in [0.4, 0.5) is 5.69 Å². The average molecular weight is 445 g/mol. The maximum atomic E-state index is 13.7. The van der Waals surface area contributed by atoms with E-state index in [0.717, 1.165) is 5.56 Å². The van der Waals surface area contributed by atoms with Gasteiger partial charge in [0.05, 0.1) is 26.5 Å². The number of sulfonamides is 1. The van der Waals surface area contributed by atoms with Crippen LogP contribution in [0.2, 0.25) is 0 Å². The van der Waals surface area contributed by atoms with Gasteiger partial charge in [-0.2, -0.15) is 0 Å². The second-order valence-electron chi connectivity index (χ2n) is 7.78. The molecule has 2 aromatic rings. The van der Waals surface area contributed by atoms with Crippen molar-refractivity contribution in [3.63, 3.8) is 0 Å². The minimum absolute atomic E-state index is 0.0832. The molecular weight excluding hydrogens is 416 g/mol. The highest BCUT2D eigenvalue weighted by atomic mass is 32.2. The molecule has 0 spiro atoms. The Hall–Kier alpha value is -3.00. The first-order valence-corrected chi connectivity index (χ1v) is 11.5. The minimum atomic E-state index is -4.11. The number of anilines is 1. The van der Waals surface area contributed by atoms with E-state index in [1.165, 1.54) is 18.5 Å². The second kappa shape index (κ2) is 9.01. The first-order chi connectivity index (χ1) is 14.7. The Morgan fingerprint density at radius 3 is 2.26 bits per heavy atom. The monoisotopic (exact) mass is 444 g/mol. The number of carbonyl (C=O) groups is 1. The highest BCUT2D eigenvalue weighted by Gasteiger charge is 2.40. The third kappa shape index (κ3) is 4.39. The van der Waals surface area contributed by atoms with Crippen LogP contribution in [0.15, 0.2) is 47.4 Å². The van der Waals surface area contributed by atoms with Crippen LogP contribution in [0, 0.1) is 5.92 Å². The number of ether oxygens (including phenoxy) is 2. The van der Waals surface area contributed by atoms with E-state index >= 15 is 0 Å². The highest BCUT2D eigenvalue weighted by molar-refractivity contribution is 7.97. The van der Waals surface area contributed by atoms with Gasteiger partial charge in [-0.1, -0.05) is 44.2 Å². The van der Waals surface area contributed by atoms with Gasteiger partial charge in [0.15, 0.2) is 16.4 Å². The second-order valence-corrected chi connectivity index (χ2v) is 9.58. The molecule has 0 aromatic heterocycles. The molecule has 0 bridgehead atoms. The Balaban J connectivity index is 2.22. The molecule has 0 atom stereocenters. The summed E-state index contributed by atoms with van der Waals surface area (Å²) in [7, 11) is -1.10. The van der Waals surface area contributed by atoms with Crippen molar-refractivity contribution in [2.45, 2.75) is 27.3 Å². The van der Waals surface area contributed by atoms with Gasteiger partial charge in [-0.3, -0.25) is 9.10 Å². The number of rotatable bonds is 7. The molecule has 0 unspecified atom stereocenters. The van der Waals surface area contributed by atoms with E-state index < -0.39 is 15.9 Å². The molecule has 1 N–H and O–H groups in total. The minimum Gasteiger partial charge on any atom is -0.493 e. The molecule has 0 fully saturated rings. The molecule has 1 aliphatic rings. The zero-order valence-electron chi connectivity index (χ0n) is 18.4. The number of carbonyl (C=O) groups excluding carboxylic acids is 1. The van der Waals surface area contributed by atoms with Crippen LogP contribution in [0.3, 0.4) is 0 Å². The summed E-state index contributed by atoms with van der Waals surface area (Å²) in [5.41, 5.74) is 2.23. The molecule has 166 valence electrons. The Labute approximate surface area is 183 Å². The largest absolute Gasteiger partial charge is 0.493 e. The first kappa shape index (κ1) is 22.7. The number of nitrogens with zero attached hydrogens (tertiary/aromatic N) is 1. The van der Waals surface area contributed by atoms with Crippen LogP contribution >= 0.6 is 0 Å². The number of nitrogens with one attached hydrogen (secondary N) is 1. The van der Waals surface area contributed by atoms with Gasteiger partial charge in [-0.25, -0.2) is 8.42 Å². The van der Waals surface area contributed by atoms with E-state index in [1.54, 1.807) is 19.1 Å². The van der Waals surface area contributed by atoms with Crippen LogP contribution in [0.25, 0.3) is 5.57 Å². The lowest BCUT2D eigenvalue weighted by Crippen LogP contribution is -2.41. The number of allylic oxidation sites excluding steroid dienone is 1. The number of benzene rings is 2. The van der Waals surface area contributed by atoms with Crippen molar-refractivity contribution in [3.05, 3.63) is 58.5 Å².